The molecular weight excluding hydrogens is 267 g/mol. The van der Waals surface area contributed by atoms with Gasteiger partial charge >= 0.3 is 0 Å². The van der Waals surface area contributed by atoms with Crippen molar-refractivity contribution in [2.75, 3.05) is 11.9 Å². The molecule has 3 aromatic rings. The largest absolute Gasteiger partial charge is 0.369 e. The van der Waals surface area contributed by atoms with E-state index in [0.717, 1.165) is 35.7 Å². The van der Waals surface area contributed by atoms with Crippen LogP contribution in [0.2, 0.25) is 0 Å². The average Bonchev–Trinajstić information content (AvgIpc) is 3.11. The average molecular weight is 280 g/mol. The van der Waals surface area contributed by atoms with Gasteiger partial charge in [0.15, 0.2) is 0 Å². The summed E-state index contributed by atoms with van der Waals surface area (Å²) in [6.45, 7) is 0.835. The topological polar surface area (TPSA) is 42.7 Å². The van der Waals surface area contributed by atoms with Crippen LogP contribution in [0.25, 0.3) is 17.1 Å². The third kappa shape index (κ3) is 1.89. The highest BCUT2D eigenvalue weighted by molar-refractivity contribution is 5.70. The van der Waals surface area contributed by atoms with Crippen LogP contribution in [0, 0.1) is 5.82 Å². The summed E-state index contributed by atoms with van der Waals surface area (Å²) in [4.78, 5) is 4.36. The van der Waals surface area contributed by atoms with E-state index < -0.39 is 0 Å². The molecule has 0 saturated heterocycles. The molecule has 1 aromatic carbocycles. The molecule has 3 heterocycles. The van der Waals surface area contributed by atoms with Crippen molar-refractivity contribution in [3.8, 4) is 17.1 Å². The van der Waals surface area contributed by atoms with Gasteiger partial charge in [-0.25, -0.2) is 9.07 Å². The first-order chi connectivity index (χ1) is 10.3. The molecule has 0 amide bonds. The number of nitrogens with one attached hydrogen (secondary N) is 1. The first-order valence-electron chi connectivity index (χ1n) is 6.86. The Bertz CT molecular complexity index is 795. The summed E-state index contributed by atoms with van der Waals surface area (Å²) >= 11 is 0. The standard InChI is InChI=1S/C16H13FN4/c17-12-5-1-2-7-14(12)21-16-11(8-10-19-16)15(20-21)13-6-3-4-9-18-13/h1-7,9,19H,8,10H2. The number of anilines is 1. The molecule has 0 bridgehead atoms. The summed E-state index contributed by atoms with van der Waals surface area (Å²) in [5, 5.41) is 7.88. The summed E-state index contributed by atoms with van der Waals surface area (Å²) in [6.07, 6.45) is 2.61. The van der Waals surface area contributed by atoms with E-state index in [1.54, 1.807) is 23.0 Å². The molecular formula is C16H13FN4. The first kappa shape index (κ1) is 12.1. The lowest BCUT2D eigenvalue weighted by Gasteiger charge is -2.07. The Labute approximate surface area is 121 Å². The lowest BCUT2D eigenvalue weighted by molar-refractivity contribution is 0.612. The summed E-state index contributed by atoms with van der Waals surface area (Å²) < 4.78 is 15.7. The SMILES string of the molecule is Fc1ccccc1-n1nc(-c2ccccn2)c2c1NCC2. The minimum absolute atomic E-state index is 0.288. The van der Waals surface area contributed by atoms with Gasteiger partial charge < -0.3 is 5.32 Å². The van der Waals surface area contributed by atoms with Gasteiger partial charge in [0, 0.05) is 18.3 Å². The van der Waals surface area contributed by atoms with Crippen LogP contribution in [-0.2, 0) is 6.42 Å². The Balaban J connectivity index is 1.93. The van der Waals surface area contributed by atoms with Gasteiger partial charge in [-0.2, -0.15) is 5.10 Å². The van der Waals surface area contributed by atoms with Crippen LogP contribution in [0.4, 0.5) is 10.2 Å². The highest BCUT2D eigenvalue weighted by Crippen LogP contribution is 2.34. The van der Waals surface area contributed by atoms with Crippen molar-refractivity contribution < 1.29 is 4.39 Å². The van der Waals surface area contributed by atoms with Crippen LogP contribution in [0.3, 0.4) is 0 Å². The zero-order valence-corrected chi connectivity index (χ0v) is 11.3. The second-order valence-electron chi connectivity index (χ2n) is 4.93. The monoisotopic (exact) mass is 280 g/mol. The van der Waals surface area contributed by atoms with Crippen LogP contribution in [0.1, 0.15) is 5.56 Å². The van der Waals surface area contributed by atoms with Crippen molar-refractivity contribution in [2.24, 2.45) is 0 Å². The van der Waals surface area contributed by atoms with Gasteiger partial charge in [0.05, 0.1) is 5.69 Å². The zero-order valence-electron chi connectivity index (χ0n) is 11.3. The molecule has 0 fully saturated rings. The Morgan fingerprint density at radius 2 is 1.95 bits per heavy atom. The van der Waals surface area contributed by atoms with E-state index in [1.165, 1.54) is 6.07 Å². The smallest absolute Gasteiger partial charge is 0.148 e. The predicted molar refractivity (Wildman–Crippen MR) is 78.9 cm³/mol. The number of hydrogen-bond acceptors (Lipinski definition) is 3. The van der Waals surface area contributed by atoms with Crippen LogP contribution >= 0.6 is 0 Å². The Morgan fingerprint density at radius 3 is 2.76 bits per heavy atom. The van der Waals surface area contributed by atoms with Crippen LogP contribution in [-0.4, -0.2) is 21.3 Å². The summed E-state index contributed by atoms with van der Waals surface area (Å²) in [5.41, 5.74) is 3.17. The maximum absolute atomic E-state index is 14.1. The second kappa shape index (κ2) is 4.70. The minimum Gasteiger partial charge on any atom is -0.369 e. The Hall–Kier alpha value is -2.69. The molecule has 1 N–H and O–H groups in total. The van der Waals surface area contributed by atoms with E-state index >= 15 is 0 Å². The zero-order chi connectivity index (χ0) is 14.2. The number of benzene rings is 1. The van der Waals surface area contributed by atoms with Crippen molar-refractivity contribution in [3.05, 3.63) is 60.0 Å². The molecule has 0 unspecified atom stereocenters. The van der Waals surface area contributed by atoms with E-state index in [9.17, 15) is 4.39 Å². The quantitative estimate of drug-likeness (QED) is 0.784. The number of hydrogen-bond donors (Lipinski definition) is 1. The number of nitrogens with zero attached hydrogens (tertiary/aromatic N) is 3. The summed E-state index contributed by atoms with van der Waals surface area (Å²) in [5.74, 6) is 0.574. The van der Waals surface area contributed by atoms with Crippen molar-refractivity contribution >= 4 is 5.82 Å². The normalized spacial score (nSPS) is 13.0. The molecule has 1 aliphatic heterocycles. The van der Waals surface area contributed by atoms with Crippen molar-refractivity contribution in [2.45, 2.75) is 6.42 Å². The number of pyridine rings is 1. The molecule has 0 spiro atoms. The van der Waals surface area contributed by atoms with Gasteiger partial charge in [0.1, 0.15) is 23.0 Å². The van der Waals surface area contributed by atoms with Crippen LogP contribution in [0.5, 0.6) is 0 Å². The molecule has 0 saturated carbocycles. The molecule has 0 atom stereocenters. The summed E-state index contributed by atoms with van der Waals surface area (Å²) in [7, 11) is 0. The van der Waals surface area contributed by atoms with Gasteiger partial charge in [-0.05, 0) is 30.7 Å². The van der Waals surface area contributed by atoms with E-state index in [1.807, 2.05) is 24.3 Å². The number of para-hydroxylation sites is 1. The van der Waals surface area contributed by atoms with Crippen molar-refractivity contribution in [1.82, 2.24) is 14.8 Å². The second-order valence-corrected chi connectivity index (χ2v) is 4.93. The fraction of sp³-hybridized carbons (Fsp3) is 0.125. The highest BCUT2D eigenvalue weighted by atomic mass is 19.1. The minimum atomic E-state index is -0.288. The maximum atomic E-state index is 14.1. The van der Waals surface area contributed by atoms with E-state index in [2.05, 4.69) is 15.4 Å². The molecule has 5 heteroatoms. The van der Waals surface area contributed by atoms with Gasteiger partial charge in [-0.3, -0.25) is 4.98 Å². The molecule has 21 heavy (non-hydrogen) atoms. The molecule has 1 aliphatic rings. The number of fused-ring (bicyclic) bond motifs is 1. The maximum Gasteiger partial charge on any atom is 0.148 e. The fourth-order valence-electron chi connectivity index (χ4n) is 2.68. The van der Waals surface area contributed by atoms with E-state index in [-0.39, 0.29) is 5.82 Å². The lowest BCUT2D eigenvalue weighted by atomic mass is 10.1. The third-order valence-corrected chi connectivity index (χ3v) is 3.64. The van der Waals surface area contributed by atoms with E-state index in [0.29, 0.717) is 5.69 Å². The third-order valence-electron chi connectivity index (χ3n) is 3.64. The molecule has 0 aliphatic carbocycles. The molecule has 4 rings (SSSR count). The van der Waals surface area contributed by atoms with Crippen LogP contribution < -0.4 is 5.32 Å². The highest BCUT2D eigenvalue weighted by Gasteiger charge is 2.25. The fourth-order valence-corrected chi connectivity index (χ4v) is 2.68. The summed E-state index contributed by atoms with van der Waals surface area (Å²) in [6, 6.07) is 12.4. The van der Waals surface area contributed by atoms with Gasteiger partial charge in [0.2, 0.25) is 0 Å². The number of rotatable bonds is 2. The van der Waals surface area contributed by atoms with Crippen LogP contribution in [0.15, 0.2) is 48.7 Å². The number of aromatic nitrogens is 3. The molecule has 4 nitrogen and oxygen atoms in total. The molecule has 104 valence electrons. The molecule has 2 aromatic heterocycles. The Morgan fingerprint density at radius 1 is 1.10 bits per heavy atom. The van der Waals surface area contributed by atoms with E-state index in [4.69, 9.17) is 0 Å². The molecule has 0 radical (unpaired) electrons. The van der Waals surface area contributed by atoms with Gasteiger partial charge in [-0.15, -0.1) is 0 Å². The van der Waals surface area contributed by atoms with Crippen molar-refractivity contribution in [1.29, 1.82) is 0 Å². The number of halogens is 1. The Kier molecular flexibility index (Phi) is 2.70. The first-order valence-corrected chi connectivity index (χ1v) is 6.86. The van der Waals surface area contributed by atoms with Gasteiger partial charge in [-0.1, -0.05) is 18.2 Å². The lowest BCUT2D eigenvalue weighted by Crippen LogP contribution is -2.06. The van der Waals surface area contributed by atoms with Gasteiger partial charge in [0.25, 0.3) is 0 Å². The predicted octanol–water partition coefficient (Wildman–Crippen LogP) is 3.04. The van der Waals surface area contributed by atoms with Crippen molar-refractivity contribution in [3.63, 3.8) is 0 Å².